The van der Waals surface area contributed by atoms with Crippen LogP contribution in [0.1, 0.15) is 381 Å². The van der Waals surface area contributed by atoms with E-state index in [0.29, 0.717) is 73.3 Å². The second-order valence-corrected chi connectivity index (χ2v) is 42.6. The largest absolute Gasteiger partial charge is 1.00 e. The van der Waals surface area contributed by atoms with E-state index in [-0.39, 0.29) is 90.6 Å². The molecule has 0 spiro atoms. The molecule has 593 valence electrons. The molecule has 0 aromatic heterocycles. The number of rotatable bonds is 15. The summed E-state index contributed by atoms with van der Waals surface area (Å²) in [5, 5.41) is 62.2. The number of hydrogen-bond acceptors (Lipinski definition) is 7. The Balaban J connectivity index is 0.000000389. The topological polar surface area (TPSA) is 138 Å². The third-order valence-electron chi connectivity index (χ3n) is 34.1. The van der Waals surface area contributed by atoms with Crippen molar-refractivity contribution < 1.29 is 66.4 Å². The molecular weight excluding hydrogens is 1270 g/mol. The van der Waals surface area contributed by atoms with Gasteiger partial charge in [0.2, 0.25) is 0 Å². The van der Waals surface area contributed by atoms with Crippen LogP contribution in [-0.4, -0.2) is 81.0 Å². The van der Waals surface area contributed by atoms with E-state index in [1.807, 2.05) is 0 Å². The maximum absolute atomic E-state index is 13.2. The number of Topliss-reactive ketones (excluding diaryl/α,β-unsaturated/α-hetero) is 1. The summed E-state index contributed by atoms with van der Waals surface area (Å²) in [4.78, 5) is 13.2. The van der Waals surface area contributed by atoms with Gasteiger partial charge in [-0.15, -0.1) is 0 Å². The first-order valence-corrected chi connectivity index (χ1v) is 42.1. The van der Waals surface area contributed by atoms with Crippen LogP contribution in [0.15, 0.2) is 34.9 Å². The van der Waals surface area contributed by atoms with Crippen molar-refractivity contribution in [2.24, 2.45) is 138 Å². The van der Waals surface area contributed by atoms with Gasteiger partial charge in [-0.1, -0.05) is 203 Å². The van der Waals surface area contributed by atoms with Gasteiger partial charge in [0.1, 0.15) is 5.78 Å². The Bertz CT molecular complexity index is 2690. The van der Waals surface area contributed by atoms with Crippen molar-refractivity contribution in [2.75, 3.05) is 7.11 Å². The first-order chi connectivity index (χ1) is 45.5. The Labute approximate surface area is 664 Å². The van der Waals surface area contributed by atoms with E-state index in [9.17, 15) is 30.3 Å². The normalized spacial score (nSPS) is 42.5. The van der Waals surface area contributed by atoms with Crippen LogP contribution < -0.4 is 29.6 Å². The third kappa shape index (κ3) is 19.0. The maximum Gasteiger partial charge on any atom is 1.00 e. The quantitative estimate of drug-likeness (QED) is 0.0709. The average molecular weight is 1450 g/mol. The summed E-state index contributed by atoms with van der Waals surface area (Å²) in [5.41, 5.74) is 6.20. The summed E-state index contributed by atoms with van der Waals surface area (Å²) in [6.45, 7) is 49.2. The van der Waals surface area contributed by atoms with Gasteiger partial charge in [0, 0.05) is 27.9 Å². The van der Waals surface area contributed by atoms with Gasteiger partial charge < -0.3 is 32.1 Å². The number of hydrogen-bond donors (Lipinski definition) is 6. The minimum atomic E-state index is -0.470. The van der Waals surface area contributed by atoms with Crippen molar-refractivity contribution in [1.82, 2.24) is 0 Å². The van der Waals surface area contributed by atoms with Crippen molar-refractivity contribution in [3.8, 4) is 0 Å². The van der Waals surface area contributed by atoms with Gasteiger partial charge in [-0.2, -0.15) is 0 Å². The smallest absolute Gasteiger partial charge is 1.00 e. The van der Waals surface area contributed by atoms with E-state index in [1.54, 1.807) is 16.7 Å². The molecule has 0 amide bonds. The molecule has 9 heteroatoms. The van der Waals surface area contributed by atoms with Crippen molar-refractivity contribution >= 4 is 14.2 Å². The van der Waals surface area contributed by atoms with E-state index >= 15 is 0 Å². The Hall–Kier alpha value is -0.285. The van der Waals surface area contributed by atoms with E-state index in [2.05, 4.69) is 164 Å². The minimum Gasteiger partial charge on any atom is -1.00 e. The zero-order valence-electron chi connectivity index (χ0n) is 70.6. The SMILES string of the molecule is C.C.C.CC[C@]1(O)CC[C@@]2(C)C(=CC[C@H]3[C@@H]4CC[C@H]([C@H](C)C(=O)CCC(C)(C)C)[C@@]4(C)CC[C@@H]32)C1.CC[C@]1(O)CC[C@@]2(C)C(=CC[C@H]3[C@@H]4CC[C@H]([C@H](C)[C@@H](O)CCC(C)(C)C)[C@@]4(C)CC[C@@H]32)C1.CC[C@]1(O)CC[C@@]2(C)C(=CC[C@H]3[C@@H]4CC[C@H]([C@H](C)[C@H](O)CCC(C)(C)C)[C@@]4(C)CC[C@@H]32)C1.CO.[B].[H-].[Na+]. The molecule has 0 saturated heterocycles. The van der Waals surface area contributed by atoms with Crippen LogP contribution in [0.25, 0.3) is 0 Å². The molecule has 0 bridgehead atoms. The number of allylic oxidation sites excluding steroid dienone is 3. The predicted molar refractivity (Wildman–Crippen MR) is 437 cm³/mol. The summed E-state index contributed by atoms with van der Waals surface area (Å²) in [7, 11) is 1.00. The molecule has 3 radical (unpaired) electrons. The number of aliphatic hydroxyl groups is 6. The maximum atomic E-state index is 13.2. The zero-order valence-corrected chi connectivity index (χ0v) is 71.6. The number of carbonyl (C=O) groups excluding carboxylic acids is 1. The van der Waals surface area contributed by atoms with Crippen LogP contribution in [0, 0.1) is 138 Å². The van der Waals surface area contributed by atoms with Crippen LogP contribution >= 0.6 is 0 Å². The molecule has 0 aliphatic heterocycles. The molecule has 12 aliphatic carbocycles. The minimum absolute atomic E-state index is 0. The molecule has 0 unspecified atom stereocenters. The summed E-state index contributed by atoms with van der Waals surface area (Å²) in [6, 6.07) is 0. The molecule has 0 aromatic carbocycles. The summed E-state index contributed by atoms with van der Waals surface area (Å²) < 4.78 is 0. The van der Waals surface area contributed by atoms with Crippen LogP contribution in [0.4, 0.5) is 0 Å². The Kier molecular flexibility index (Phi) is 32.7. The number of aliphatic hydroxyl groups excluding tert-OH is 3. The van der Waals surface area contributed by atoms with E-state index in [0.717, 1.165) is 163 Å². The Morgan fingerprint density at radius 2 is 0.709 bits per heavy atom. The second-order valence-electron chi connectivity index (χ2n) is 42.6. The standard InChI is InChI=1S/2C30H52O2.C30H50O2.CH4O.3CH4.B.Na.H/c3*1-8-30(32)18-17-28(6)21(19-30)9-10-22-24-12-11-23(29(24,7)16-13-25(22)28)20(2)26(31)14-15-27(3,4)5;1-2;;;;;;/h2*9,20,22-26,31-32H,8,10-19H2,1-7H3;9,20,22-25,32H,8,10-19H2,1-7H3;2H,1H3;3*1H4;;;/q;;;;;;;;+1;-1/t20-,22-,23+,24-,25-,26+,28-,29+,30-;20-,22-,23+,24-,25-,26-,28-,29+,30-;20-,22-,23+,24-,25-,28-,29+,30-;;;;;;;/m000......./s1. The van der Waals surface area contributed by atoms with Gasteiger partial charge in [-0.05, 0) is 337 Å². The monoisotopic (exact) mass is 1450 g/mol. The predicted octanol–water partition coefficient (Wildman–Crippen LogP) is 21.1. The Morgan fingerprint density at radius 3 is 0.981 bits per heavy atom. The van der Waals surface area contributed by atoms with E-state index in [4.69, 9.17) is 5.11 Å². The van der Waals surface area contributed by atoms with Crippen LogP contribution in [0.5, 0.6) is 0 Å². The first kappa shape index (κ1) is 95.1. The van der Waals surface area contributed by atoms with Gasteiger partial charge in [0.05, 0.1) is 29.0 Å². The molecular formula is C94H171BNaO7. The molecule has 7 nitrogen and oxygen atoms in total. The van der Waals surface area contributed by atoms with Gasteiger partial charge in [-0.3, -0.25) is 4.79 Å². The third-order valence-corrected chi connectivity index (χ3v) is 34.1. The van der Waals surface area contributed by atoms with Gasteiger partial charge in [0.25, 0.3) is 0 Å². The fraction of sp³-hybridized carbons (Fsp3) is 0.926. The summed E-state index contributed by atoms with van der Waals surface area (Å²) in [5.74, 6) is 10.6. The average Bonchev–Trinajstić information content (AvgIpc) is 1.62. The van der Waals surface area contributed by atoms with Gasteiger partial charge >= 0.3 is 29.6 Å². The fourth-order valence-electron chi connectivity index (χ4n) is 26.9. The molecule has 12 aliphatic rings. The number of fused-ring (bicyclic) bond motifs is 15. The van der Waals surface area contributed by atoms with Crippen LogP contribution in [0.2, 0.25) is 0 Å². The summed E-state index contributed by atoms with van der Waals surface area (Å²) >= 11 is 0. The van der Waals surface area contributed by atoms with E-state index < -0.39 is 16.8 Å². The fourth-order valence-corrected chi connectivity index (χ4v) is 26.9. The molecule has 6 N–H and O–H groups in total. The van der Waals surface area contributed by atoms with Crippen molar-refractivity contribution in [2.45, 2.75) is 409 Å². The van der Waals surface area contributed by atoms with Crippen LogP contribution in [-0.2, 0) is 4.79 Å². The van der Waals surface area contributed by atoms with Crippen molar-refractivity contribution in [3.05, 3.63) is 34.9 Å². The Morgan fingerprint density at radius 1 is 0.437 bits per heavy atom. The number of ketones is 1. The molecule has 9 fully saturated rings. The molecule has 0 heterocycles. The summed E-state index contributed by atoms with van der Waals surface area (Å²) in [6.07, 6.45) is 44.5. The first-order valence-electron chi connectivity index (χ1n) is 42.1. The molecule has 103 heavy (non-hydrogen) atoms. The zero-order chi connectivity index (χ0) is 72.6. The van der Waals surface area contributed by atoms with Crippen LogP contribution in [0.3, 0.4) is 0 Å². The van der Waals surface area contributed by atoms with Gasteiger partial charge in [0.15, 0.2) is 0 Å². The molecule has 26 atom stereocenters. The number of carbonyl (C=O) groups is 1. The molecule has 0 aromatic rings. The van der Waals surface area contributed by atoms with Gasteiger partial charge in [-0.25, -0.2) is 0 Å². The molecule has 9 saturated carbocycles. The van der Waals surface area contributed by atoms with E-state index in [1.165, 1.54) is 109 Å². The van der Waals surface area contributed by atoms with Crippen molar-refractivity contribution in [1.29, 1.82) is 0 Å². The molecule has 12 rings (SSSR count). The second kappa shape index (κ2) is 35.4. The van der Waals surface area contributed by atoms with Crippen molar-refractivity contribution in [3.63, 3.8) is 0 Å².